The average molecular weight is 81.1 g/mol. The van der Waals surface area contributed by atoms with E-state index in [0.29, 0.717) is 0 Å². The van der Waals surface area contributed by atoms with Crippen LogP contribution in [0.2, 0.25) is 0 Å². The summed E-state index contributed by atoms with van der Waals surface area (Å²) in [5, 5.41) is 6.50. The van der Waals surface area contributed by atoms with Crippen LogP contribution in [-0.4, -0.2) is 0 Å². The van der Waals surface area contributed by atoms with Gasteiger partial charge in [-0.15, -0.1) is 5.73 Å². The summed E-state index contributed by atoms with van der Waals surface area (Å²) in [5.41, 5.74) is 2.56. The van der Waals surface area contributed by atoms with Crippen LogP contribution in [0, 0.1) is 11.8 Å². The van der Waals surface area contributed by atoms with Crippen LogP contribution in [0.15, 0.2) is 18.4 Å². The van der Waals surface area contributed by atoms with Crippen molar-refractivity contribution < 1.29 is 0 Å². The third-order valence-electron chi connectivity index (χ3n) is 0.204. The third-order valence-corrected chi connectivity index (χ3v) is 0.204. The molecule has 0 heterocycles. The van der Waals surface area contributed by atoms with Gasteiger partial charge in [-0.25, -0.2) is 5.26 Å². The molecule has 1 nitrogen and oxygen atoms in total. The number of rotatable bonds is 0. The summed E-state index contributed by atoms with van der Waals surface area (Å²) < 4.78 is 0. The number of hydrogen-bond acceptors (Lipinski definition) is 1. The molecule has 0 aliphatic heterocycles. The first-order valence-electron chi connectivity index (χ1n) is 1.48. The van der Waals surface area contributed by atoms with Gasteiger partial charge in [-0.2, -0.15) is 0 Å². The van der Waals surface area contributed by atoms with Gasteiger partial charge in [0.05, 0.1) is 0 Å². The Morgan fingerprint density at radius 1 is 1.83 bits per heavy atom. The van der Waals surface area contributed by atoms with E-state index in [1.54, 1.807) is 6.08 Å². The molecule has 6 heavy (non-hydrogen) atoms. The second-order valence-electron chi connectivity index (χ2n) is 0.493. The average Bonchev–Trinajstić information content (AvgIpc) is 1.72. The van der Waals surface area contributed by atoms with Gasteiger partial charge in [0.15, 0.2) is 0 Å². The van der Waals surface area contributed by atoms with Gasteiger partial charge in [0.25, 0.3) is 0 Å². The molecule has 0 saturated heterocycles. The van der Waals surface area contributed by atoms with Crippen molar-refractivity contribution in [1.82, 2.24) is 0 Å². The Hall–Kier alpha value is -0.990. The van der Waals surface area contributed by atoms with Gasteiger partial charge in [-0.05, 0) is 13.0 Å². The van der Waals surface area contributed by atoms with Crippen molar-refractivity contribution in [1.29, 1.82) is 5.26 Å². The molecule has 0 atom stereocenters. The minimum absolute atomic E-state index is 1.76. The van der Waals surface area contributed by atoms with E-state index in [2.05, 4.69) is 18.9 Å². The molecule has 0 aromatic rings. The van der Waals surface area contributed by atoms with Gasteiger partial charge in [0.1, 0.15) is 0 Å². The Bertz CT molecular complexity index is 65.3. The minimum atomic E-state index is 1.76. The van der Waals surface area contributed by atoms with Crippen LogP contribution < -0.4 is 0 Å². The lowest BCUT2D eigenvalue weighted by molar-refractivity contribution is 1.58. The fourth-order valence-electron chi connectivity index (χ4n) is 0. The first-order valence-corrected chi connectivity index (χ1v) is 1.48. The predicted molar refractivity (Wildman–Crippen MR) is 26.1 cm³/mol. The van der Waals surface area contributed by atoms with Crippen LogP contribution in [0.25, 0.3) is 0 Å². The Balaban J connectivity index is 0. The molecule has 0 bridgehead atoms. The zero-order valence-electron chi connectivity index (χ0n) is 3.81. The van der Waals surface area contributed by atoms with Crippen LogP contribution in [0.5, 0.6) is 0 Å². The summed E-state index contributed by atoms with van der Waals surface area (Å²) in [6.45, 7) is 8.68. The highest BCUT2D eigenvalue weighted by Gasteiger charge is 1.24. The van der Waals surface area contributed by atoms with Crippen LogP contribution >= 0.6 is 0 Å². The Morgan fingerprint density at radius 2 is 2.00 bits per heavy atom. The lowest BCUT2D eigenvalue weighted by atomic mass is 10.7. The maximum atomic E-state index is 6.50. The van der Waals surface area contributed by atoms with E-state index in [1.165, 1.54) is 0 Å². The molecule has 0 amide bonds. The monoisotopic (exact) mass is 81.1 g/mol. The predicted octanol–water partition coefficient (Wildman–Crippen LogP) is 1.49. The molecule has 0 fully saturated rings. The molecular formula is C5H7N. The molecule has 0 aromatic heterocycles. The molecule has 0 aromatic carbocycles. The van der Waals surface area contributed by atoms with Crippen molar-refractivity contribution in [2.24, 2.45) is 0 Å². The molecule has 0 aliphatic rings. The maximum absolute atomic E-state index is 6.50. The maximum Gasteiger partial charge on any atom is 0.0462 e. The molecular weight excluding hydrogens is 74.1 g/mol. The number of hydrogen-bond donors (Lipinski definition) is 0. The Labute approximate surface area is 38.2 Å². The van der Waals surface area contributed by atoms with E-state index in [0.717, 1.165) is 0 Å². The summed E-state index contributed by atoms with van der Waals surface area (Å²) in [6.07, 6.45) is 1.76. The van der Waals surface area contributed by atoms with E-state index in [4.69, 9.17) is 5.26 Å². The smallest absolute Gasteiger partial charge is 0.0462 e. The van der Waals surface area contributed by atoms with Crippen LogP contribution in [0.4, 0.5) is 0 Å². The molecule has 0 rings (SSSR count). The molecule has 0 aliphatic carbocycles. The normalized spacial score (nSPS) is 3.17. The number of nitrogens with zero attached hydrogens (tertiary/aromatic N) is 1. The first-order chi connectivity index (χ1) is 2.91. The highest BCUT2D eigenvalue weighted by Crippen LogP contribution is 1.46. The molecule has 32 valence electrons. The van der Waals surface area contributed by atoms with Gasteiger partial charge >= 0.3 is 0 Å². The van der Waals surface area contributed by atoms with Crippen molar-refractivity contribution in [3.8, 4) is 6.57 Å². The minimum Gasteiger partial charge on any atom is -0.202 e. The highest BCUT2D eigenvalue weighted by molar-refractivity contribution is 4.67. The molecule has 0 saturated carbocycles. The fourth-order valence-corrected chi connectivity index (χ4v) is 0. The fraction of sp³-hybridized carbons (Fsp3) is 0.200. The summed E-state index contributed by atoms with van der Waals surface area (Å²) in [5.74, 6) is 0. The number of nitriles is 1. The highest BCUT2D eigenvalue weighted by atomic mass is 14.2. The van der Waals surface area contributed by atoms with Gasteiger partial charge < -0.3 is 0 Å². The quantitative estimate of drug-likeness (QED) is 0.405. The second kappa shape index (κ2) is 35.6. The van der Waals surface area contributed by atoms with Gasteiger partial charge in [-0.1, -0.05) is 6.58 Å². The topological polar surface area (TPSA) is 23.8 Å². The van der Waals surface area contributed by atoms with Gasteiger partial charge in [0, 0.05) is 6.57 Å². The molecule has 1 heteroatoms. The number of allylic oxidation sites excluding steroid dienone is 1. The Morgan fingerprint density at radius 3 is 2.00 bits per heavy atom. The SMILES string of the molecule is C#N.C=C=CC. The lowest BCUT2D eigenvalue weighted by Gasteiger charge is -1.37. The lowest BCUT2D eigenvalue weighted by Crippen LogP contribution is -1.15. The van der Waals surface area contributed by atoms with Crippen molar-refractivity contribution in [3.63, 3.8) is 0 Å². The first kappa shape index (κ1) is 8.89. The molecule has 0 unspecified atom stereocenters. The Kier molecular flexibility index (Phi) is 52.8. The van der Waals surface area contributed by atoms with Gasteiger partial charge in [-0.3, -0.25) is 0 Å². The second-order valence-corrected chi connectivity index (χ2v) is 0.493. The van der Waals surface area contributed by atoms with Crippen LogP contribution in [0.3, 0.4) is 0 Å². The summed E-state index contributed by atoms with van der Waals surface area (Å²) in [7, 11) is 0. The van der Waals surface area contributed by atoms with Crippen molar-refractivity contribution in [2.75, 3.05) is 0 Å². The van der Waals surface area contributed by atoms with Crippen LogP contribution in [-0.2, 0) is 0 Å². The van der Waals surface area contributed by atoms with E-state index in [-0.39, 0.29) is 0 Å². The van der Waals surface area contributed by atoms with E-state index >= 15 is 0 Å². The third kappa shape index (κ3) is 122000. The molecule has 0 radical (unpaired) electrons. The van der Waals surface area contributed by atoms with Crippen molar-refractivity contribution in [2.45, 2.75) is 6.92 Å². The molecule has 0 spiro atoms. The van der Waals surface area contributed by atoms with Crippen molar-refractivity contribution in [3.05, 3.63) is 18.4 Å². The van der Waals surface area contributed by atoms with Crippen molar-refractivity contribution >= 4 is 0 Å². The van der Waals surface area contributed by atoms with E-state index in [1.807, 2.05) is 6.92 Å². The largest absolute Gasteiger partial charge is 0.202 e. The zero-order chi connectivity index (χ0) is 5.41. The van der Waals surface area contributed by atoms with E-state index < -0.39 is 0 Å². The van der Waals surface area contributed by atoms with Crippen LogP contribution in [0.1, 0.15) is 6.92 Å². The van der Waals surface area contributed by atoms with Gasteiger partial charge in [0.2, 0.25) is 0 Å². The summed E-state index contributed by atoms with van der Waals surface area (Å²) >= 11 is 0. The summed E-state index contributed by atoms with van der Waals surface area (Å²) in [4.78, 5) is 0. The summed E-state index contributed by atoms with van der Waals surface area (Å²) in [6, 6.07) is 0. The molecule has 0 N–H and O–H groups in total. The zero-order valence-corrected chi connectivity index (χ0v) is 3.81. The van der Waals surface area contributed by atoms with E-state index in [9.17, 15) is 0 Å². The standard InChI is InChI=1S/C4H6.CHN/c1-3-4-2;1-2/h4H,1H2,2H3;1H.